The van der Waals surface area contributed by atoms with E-state index in [9.17, 15) is 14.7 Å². The fourth-order valence-corrected chi connectivity index (χ4v) is 5.72. The summed E-state index contributed by atoms with van der Waals surface area (Å²) in [5.41, 5.74) is 1.99. The third-order valence-corrected chi connectivity index (χ3v) is 7.66. The van der Waals surface area contributed by atoms with Crippen LogP contribution >= 0.6 is 11.6 Å². The maximum atomic E-state index is 13.3. The summed E-state index contributed by atoms with van der Waals surface area (Å²) in [5.74, 6) is 0.245. The molecule has 9 nitrogen and oxygen atoms in total. The Kier molecular flexibility index (Phi) is 11.1. The highest BCUT2D eigenvalue weighted by Crippen LogP contribution is 2.36. The maximum Gasteiger partial charge on any atom is 0.404 e. The number of likely N-dealkylation sites (tertiary alicyclic amines) is 1. The molecule has 1 aliphatic heterocycles. The first kappa shape index (κ1) is 28.5. The highest BCUT2D eigenvalue weighted by molar-refractivity contribution is 6.30. The van der Waals surface area contributed by atoms with Crippen molar-refractivity contribution < 1.29 is 24.5 Å². The van der Waals surface area contributed by atoms with E-state index in [2.05, 4.69) is 16.0 Å². The van der Waals surface area contributed by atoms with Crippen LogP contribution in [0.3, 0.4) is 0 Å². The van der Waals surface area contributed by atoms with E-state index in [0.29, 0.717) is 24.7 Å². The van der Waals surface area contributed by atoms with E-state index >= 15 is 0 Å². The number of hydrogen-bond acceptors (Lipinski definition) is 5. The van der Waals surface area contributed by atoms with Gasteiger partial charge < -0.3 is 35.8 Å². The van der Waals surface area contributed by atoms with Crippen LogP contribution in [0.25, 0.3) is 0 Å². The lowest BCUT2D eigenvalue weighted by atomic mass is 9.86. The van der Waals surface area contributed by atoms with Gasteiger partial charge in [-0.15, -0.1) is 0 Å². The van der Waals surface area contributed by atoms with E-state index < -0.39 is 12.2 Å². The summed E-state index contributed by atoms with van der Waals surface area (Å²) < 4.78 is 6.21. The van der Waals surface area contributed by atoms with Crippen LogP contribution < -0.4 is 16.0 Å². The fourth-order valence-electron chi connectivity index (χ4n) is 5.54. The predicted molar refractivity (Wildman–Crippen MR) is 139 cm³/mol. The topological polar surface area (TPSA) is 123 Å². The van der Waals surface area contributed by atoms with Crippen molar-refractivity contribution in [3.8, 4) is 0 Å². The Morgan fingerprint density at radius 2 is 1.92 bits per heavy atom. The van der Waals surface area contributed by atoms with Gasteiger partial charge in [0.15, 0.2) is 0 Å². The first-order chi connectivity index (χ1) is 17.3. The number of carbonyl (C=O) groups is 2. The molecule has 1 aromatic carbocycles. The molecule has 0 aromatic heterocycles. The smallest absolute Gasteiger partial charge is 0.404 e. The van der Waals surface area contributed by atoms with Gasteiger partial charge in [-0.2, -0.15) is 0 Å². The van der Waals surface area contributed by atoms with Crippen LogP contribution in [0, 0.1) is 18.8 Å². The average molecular weight is 525 g/mol. The molecule has 2 fully saturated rings. The predicted octanol–water partition coefficient (Wildman–Crippen LogP) is 3.53. The third-order valence-electron chi connectivity index (χ3n) is 7.42. The van der Waals surface area contributed by atoms with Crippen molar-refractivity contribution in [1.29, 1.82) is 0 Å². The van der Waals surface area contributed by atoms with Crippen LogP contribution in [0.4, 0.5) is 9.59 Å². The summed E-state index contributed by atoms with van der Waals surface area (Å²) in [4.78, 5) is 26.0. The zero-order chi connectivity index (χ0) is 26.1. The number of hydrogen-bond donors (Lipinski definition) is 5. The maximum absolute atomic E-state index is 13.3. The Bertz CT molecular complexity index is 867. The lowest BCUT2D eigenvalue weighted by Crippen LogP contribution is -2.56. The molecule has 10 heteroatoms. The Hall–Kier alpha value is -2.07. The summed E-state index contributed by atoms with van der Waals surface area (Å²) >= 11 is 6.30. The average Bonchev–Trinajstić information content (AvgIpc) is 3.40. The molecule has 36 heavy (non-hydrogen) atoms. The van der Waals surface area contributed by atoms with Gasteiger partial charge >= 0.3 is 12.1 Å². The Balaban J connectivity index is 1.70. The summed E-state index contributed by atoms with van der Waals surface area (Å²) in [6.07, 6.45) is 3.96. The minimum absolute atomic E-state index is 0.0222. The van der Waals surface area contributed by atoms with Crippen LogP contribution in [0.5, 0.6) is 0 Å². The number of carboxylic acid groups (broad SMARTS) is 1. The number of halogens is 1. The van der Waals surface area contributed by atoms with Crippen molar-refractivity contribution in [1.82, 2.24) is 20.9 Å². The van der Waals surface area contributed by atoms with Gasteiger partial charge in [-0.25, -0.2) is 9.59 Å². The Labute approximate surface area is 218 Å². The highest BCUT2D eigenvalue weighted by Gasteiger charge is 2.35. The number of urea groups is 1. The molecule has 1 saturated heterocycles. The molecule has 1 aromatic rings. The minimum atomic E-state index is -1.09. The molecule has 2 aliphatic rings. The van der Waals surface area contributed by atoms with Gasteiger partial charge in [0.05, 0.1) is 24.9 Å². The monoisotopic (exact) mass is 524 g/mol. The molecule has 1 unspecified atom stereocenters. The molecular formula is C26H41ClN4O5. The van der Waals surface area contributed by atoms with E-state index in [4.69, 9.17) is 21.4 Å². The third kappa shape index (κ3) is 7.96. The Morgan fingerprint density at radius 1 is 1.19 bits per heavy atom. The standard InChI is InChI=1S/C26H41ClN4O5/c1-17-9-10-20(27)14-21(17)24(36-13-11-29-26(34)35)19-8-5-12-31(16-19)25(33)30-22(15-28-2)23(32)18-6-3-4-7-18/h9-10,14,18-19,22-24,28-29,32H,3-8,11-13,15-16H2,1-2H3,(H,30,33)(H,34,35)/t19-,22-,23-,24?/m1/s1. The van der Waals surface area contributed by atoms with Crippen molar-refractivity contribution in [2.24, 2.45) is 11.8 Å². The van der Waals surface area contributed by atoms with Gasteiger partial charge in [0.25, 0.3) is 0 Å². The molecule has 1 heterocycles. The molecule has 1 aliphatic carbocycles. The number of nitrogens with one attached hydrogen (secondary N) is 3. The number of piperidine rings is 1. The SMILES string of the molecule is CNC[C@@H](NC(=O)N1CCC[C@@H](C(OCCNC(=O)O)c2cc(Cl)ccc2C)C1)[C@H](O)C1CCCC1. The van der Waals surface area contributed by atoms with E-state index in [1.165, 1.54) is 0 Å². The zero-order valence-corrected chi connectivity index (χ0v) is 22.1. The number of aliphatic hydroxyl groups excluding tert-OH is 1. The van der Waals surface area contributed by atoms with Gasteiger partial charge in [0, 0.05) is 37.1 Å². The second kappa shape index (κ2) is 14.0. The molecule has 0 radical (unpaired) electrons. The Morgan fingerprint density at radius 3 is 2.61 bits per heavy atom. The molecule has 3 amide bonds. The molecular weight excluding hydrogens is 484 g/mol. The number of carbonyl (C=O) groups excluding carboxylic acids is 1. The summed E-state index contributed by atoms with van der Waals surface area (Å²) in [6.45, 7) is 4.02. The fraction of sp³-hybridized carbons (Fsp3) is 0.692. The van der Waals surface area contributed by atoms with Gasteiger partial charge in [0.1, 0.15) is 0 Å². The van der Waals surface area contributed by atoms with Crippen molar-refractivity contribution in [3.63, 3.8) is 0 Å². The van der Waals surface area contributed by atoms with Crippen molar-refractivity contribution in [2.45, 2.75) is 63.7 Å². The summed E-state index contributed by atoms with van der Waals surface area (Å²) in [6, 6.07) is 5.15. The lowest BCUT2D eigenvalue weighted by Gasteiger charge is -2.38. The number of rotatable bonds is 11. The number of nitrogens with zero attached hydrogens (tertiary/aromatic N) is 1. The van der Waals surface area contributed by atoms with E-state index in [1.807, 2.05) is 37.1 Å². The normalized spacial score (nSPS) is 21.1. The number of ether oxygens (including phenoxy) is 1. The van der Waals surface area contributed by atoms with E-state index in [1.54, 1.807) is 0 Å². The number of aryl methyl sites for hydroxylation is 1. The molecule has 3 rings (SSSR count). The number of likely N-dealkylation sites (N-methyl/N-ethyl adjacent to an activating group) is 1. The zero-order valence-electron chi connectivity index (χ0n) is 21.3. The van der Waals surface area contributed by atoms with Crippen LogP contribution in [0.15, 0.2) is 18.2 Å². The van der Waals surface area contributed by atoms with Gasteiger partial charge in [-0.05, 0) is 68.8 Å². The van der Waals surface area contributed by atoms with Crippen molar-refractivity contribution >= 4 is 23.7 Å². The van der Waals surface area contributed by atoms with Gasteiger partial charge in [0.2, 0.25) is 0 Å². The van der Waals surface area contributed by atoms with Crippen molar-refractivity contribution in [2.75, 3.05) is 39.8 Å². The van der Waals surface area contributed by atoms with Crippen molar-refractivity contribution in [3.05, 3.63) is 34.3 Å². The second-order valence-corrected chi connectivity index (χ2v) is 10.5. The first-order valence-corrected chi connectivity index (χ1v) is 13.4. The second-order valence-electron chi connectivity index (χ2n) is 10.0. The molecule has 5 N–H and O–H groups in total. The van der Waals surface area contributed by atoms with E-state index in [0.717, 1.165) is 49.7 Å². The van der Waals surface area contributed by atoms with Gasteiger partial charge in [-0.3, -0.25) is 0 Å². The van der Waals surface area contributed by atoms with Crippen LogP contribution in [0.1, 0.15) is 55.8 Å². The summed E-state index contributed by atoms with van der Waals surface area (Å²) in [5, 5.41) is 29.0. The molecule has 202 valence electrons. The first-order valence-electron chi connectivity index (χ1n) is 13.0. The number of amides is 3. The summed E-state index contributed by atoms with van der Waals surface area (Å²) in [7, 11) is 1.83. The largest absolute Gasteiger partial charge is 0.465 e. The molecule has 0 spiro atoms. The van der Waals surface area contributed by atoms with Crippen LogP contribution in [-0.4, -0.2) is 79.2 Å². The molecule has 4 atom stereocenters. The quantitative estimate of drug-likeness (QED) is 0.282. The molecule has 0 bridgehead atoms. The van der Waals surface area contributed by atoms with E-state index in [-0.39, 0.29) is 43.2 Å². The van der Waals surface area contributed by atoms with Crippen LogP contribution in [-0.2, 0) is 4.74 Å². The number of benzene rings is 1. The van der Waals surface area contributed by atoms with Crippen LogP contribution in [0.2, 0.25) is 5.02 Å². The minimum Gasteiger partial charge on any atom is -0.465 e. The highest BCUT2D eigenvalue weighted by atomic mass is 35.5. The number of aliphatic hydroxyl groups is 1. The van der Waals surface area contributed by atoms with Gasteiger partial charge in [-0.1, -0.05) is 30.5 Å². The molecule has 1 saturated carbocycles. The lowest BCUT2D eigenvalue weighted by molar-refractivity contribution is -0.00941.